The van der Waals surface area contributed by atoms with Gasteiger partial charge in [0.05, 0.1) is 23.7 Å². The lowest BCUT2D eigenvalue weighted by Gasteiger charge is -2.45. The summed E-state index contributed by atoms with van der Waals surface area (Å²) in [7, 11) is -6.17. The van der Waals surface area contributed by atoms with Crippen LogP contribution in [0.2, 0.25) is 0 Å². The van der Waals surface area contributed by atoms with E-state index in [2.05, 4.69) is 0 Å². The second kappa shape index (κ2) is 7.85. The molecule has 0 spiro atoms. The molecule has 0 aromatic carbocycles. The van der Waals surface area contributed by atoms with E-state index in [9.17, 15) is 41.1 Å². The Kier molecular flexibility index (Phi) is 6.69. The number of alkyl halides is 3. The van der Waals surface area contributed by atoms with Crippen LogP contribution in [0.3, 0.4) is 0 Å². The lowest BCUT2D eigenvalue weighted by molar-refractivity contribution is -0.154. The molecule has 2 rings (SSSR count). The minimum atomic E-state index is -6.17. The third kappa shape index (κ3) is 4.86. The maximum atomic E-state index is 13.5. The Bertz CT molecular complexity index is 730. The van der Waals surface area contributed by atoms with E-state index in [1.54, 1.807) is 27.7 Å². The van der Waals surface area contributed by atoms with Gasteiger partial charge in [-0.2, -0.15) is 20.5 Å². The van der Waals surface area contributed by atoms with Crippen molar-refractivity contribution in [2.24, 2.45) is 17.8 Å². The first-order chi connectivity index (χ1) is 12.9. The summed E-state index contributed by atoms with van der Waals surface area (Å²) in [4.78, 5) is 12.4. The predicted octanol–water partition coefficient (Wildman–Crippen LogP) is 1.67. The van der Waals surface area contributed by atoms with Gasteiger partial charge in [-0.05, 0) is 34.1 Å². The van der Waals surface area contributed by atoms with Gasteiger partial charge in [0.15, 0.2) is 16.3 Å². The molecule has 2 bridgehead atoms. The summed E-state index contributed by atoms with van der Waals surface area (Å²) in [5, 5.41) is 15.5. The van der Waals surface area contributed by atoms with Crippen LogP contribution in [0, 0.1) is 17.8 Å². The molecule has 0 saturated carbocycles. The summed E-state index contributed by atoms with van der Waals surface area (Å²) in [5.74, 6) is -2.17. The summed E-state index contributed by atoms with van der Waals surface area (Å²) in [5.41, 5.74) is -2.30. The highest BCUT2D eigenvalue weighted by Gasteiger charge is 2.63. The number of hydrogen-bond acceptors (Lipinski definition) is 8. The van der Waals surface area contributed by atoms with E-state index in [4.69, 9.17) is 4.74 Å². The zero-order valence-electron chi connectivity index (χ0n) is 16.5. The van der Waals surface area contributed by atoms with Gasteiger partial charge in [-0.1, -0.05) is 0 Å². The van der Waals surface area contributed by atoms with Crippen LogP contribution in [0.1, 0.15) is 40.5 Å². The Hall–Kier alpha value is -0.560. The first-order valence-corrected chi connectivity index (χ1v) is 11.5. The number of aliphatic hydroxyl groups is 2. The van der Waals surface area contributed by atoms with Crippen LogP contribution in [0.25, 0.3) is 0 Å². The predicted molar refractivity (Wildman–Crippen MR) is 98.0 cm³/mol. The van der Waals surface area contributed by atoms with Crippen molar-refractivity contribution in [3.63, 3.8) is 0 Å². The Balaban J connectivity index is 2.02. The molecule has 2 saturated heterocycles. The molecule has 2 aliphatic heterocycles. The number of ether oxygens (including phenoxy) is 1. The van der Waals surface area contributed by atoms with Crippen LogP contribution in [0.15, 0.2) is 0 Å². The smallest absolute Gasteiger partial charge is 0.364 e. The molecule has 2 aliphatic rings. The molecular formula is C17H26F3O7S2-. The number of fused-ring (bicyclic) bond motifs is 2. The molecule has 0 radical (unpaired) electrons. The fourth-order valence-electron chi connectivity index (χ4n) is 4.40. The lowest BCUT2D eigenvalue weighted by Crippen LogP contribution is -2.54. The molecule has 12 heteroatoms. The molecule has 170 valence electrons. The van der Waals surface area contributed by atoms with Gasteiger partial charge in [-0.3, -0.25) is 4.79 Å². The first-order valence-electron chi connectivity index (χ1n) is 9.13. The molecular weight excluding hydrogens is 437 g/mol. The van der Waals surface area contributed by atoms with Gasteiger partial charge in [0.1, 0.15) is 0 Å². The maximum Gasteiger partial charge on any atom is 0.364 e. The molecule has 2 N–H and O–H groups in total. The van der Waals surface area contributed by atoms with Crippen LogP contribution in [0.5, 0.6) is 0 Å². The van der Waals surface area contributed by atoms with Crippen molar-refractivity contribution in [3.05, 3.63) is 0 Å². The summed E-state index contributed by atoms with van der Waals surface area (Å²) >= 11 is 1.45. The molecule has 29 heavy (non-hydrogen) atoms. The third-order valence-electron chi connectivity index (χ3n) is 5.60. The van der Waals surface area contributed by atoms with E-state index in [1.165, 1.54) is 11.8 Å². The van der Waals surface area contributed by atoms with Gasteiger partial charge >= 0.3 is 11.2 Å². The Morgan fingerprint density at radius 1 is 1.21 bits per heavy atom. The highest BCUT2D eigenvalue weighted by molar-refractivity contribution is 8.01. The minimum absolute atomic E-state index is 0.127. The number of esters is 1. The van der Waals surface area contributed by atoms with Crippen LogP contribution >= 0.6 is 11.8 Å². The highest BCUT2D eigenvalue weighted by Crippen LogP contribution is 2.61. The van der Waals surface area contributed by atoms with Crippen molar-refractivity contribution in [2.45, 2.75) is 73.7 Å². The van der Waals surface area contributed by atoms with Crippen molar-refractivity contribution in [3.8, 4) is 0 Å². The molecule has 6 unspecified atom stereocenters. The minimum Gasteiger partial charge on any atom is -0.743 e. The van der Waals surface area contributed by atoms with Crippen LogP contribution in [-0.4, -0.2) is 68.9 Å². The zero-order valence-corrected chi connectivity index (χ0v) is 18.1. The highest BCUT2D eigenvalue weighted by atomic mass is 32.2. The quantitative estimate of drug-likeness (QED) is 0.412. The van der Waals surface area contributed by atoms with Crippen LogP contribution < -0.4 is 0 Å². The summed E-state index contributed by atoms with van der Waals surface area (Å²) in [6.07, 6.45) is -4.09. The van der Waals surface area contributed by atoms with Crippen molar-refractivity contribution in [1.82, 2.24) is 0 Å². The number of carbonyl (C=O) groups is 1. The van der Waals surface area contributed by atoms with Crippen molar-refractivity contribution >= 4 is 27.8 Å². The molecule has 0 aromatic rings. The fourth-order valence-corrected chi connectivity index (χ4v) is 7.31. The van der Waals surface area contributed by atoms with E-state index < -0.39 is 63.6 Å². The maximum absolute atomic E-state index is 13.5. The number of halogens is 3. The van der Waals surface area contributed by atoms with Gasteiger partial charge in [-0.25, -0.2) is 12.8 Å². The molecule has 0 amide bonds. The molecule has 2 fully saturated rings. The monoisotopic (exact) mass is 463 g/mol. The Morgan fingerprint density at radius 2 is 1.72 bits per heavy atom. The Labute approximate surface area is 172 Å². The number of carbonyl (C=O) groups excluding carboxylic acids is 1. The van der Waals surface area contributed by atoms with E-state index >= 15 is 0 Å². The SMILES string of the molecule is CC(C)(O)C1C2CC(C(=O)OCCC(F)C(F)(F)S(=O)(=O)[O-])C(S2)C1C(C)(C)O. The van der Waals surface area contributed by atoms with Crippen LogP contribution in [-0.2, 0) is 19.6 Å². The average molecular weight is 464 g/mol. The van der Waals surface area contributed by atoms with Gasteiger partial charge in [0.2, 0.25) is 0 Å². The van der Waals surface area contributed by atoms with Gasteiger partial charge < -0.3 is 19.5 Å². The summed E-state index contributed by atoms with van der Waals surface area (Å²) in [6.45, 7) is 5.62. The van der Waals surface area contributed by atoms with Gasteiger partial charge in [-0.15, -0.1) is 0 Å². The topological polar surface area (TPSA) is 124 Å². The molecule has 0 aliphatic carbocycles. The lowest BCUT2D eigenvalue weighted by atomic mass is 9.63. The second-order valence-electron chi connectivity index (χ2n) is 8.78. The van der Waals surface area contributed by atoms with E-state index in [1.807, 2.05) is 0 Å². The standard InChI is InChI=1S/C17H27F3O7S2/c1-15(2,22)11-9-7-8(13(28-9)12(11)16(3,4)23)14(21)27-6-5-10(18)17(19,20)29(24,25)26/h8-13,22-23H,5-7H2,1-4H3,(H,24,25,26)/p-1. The van der Waals surface area contributed by atoms with E-state index in [-0.39, 0.29) is 16.4 Å². The fraction of sp³-hybridized carbons (Fsp3) is 0.941. The van der Waals surface area contributed by atoms with Crippen LogP contribution in [0.4, 0.5) is 13.2 Å². The largest absolute Gasteiger partial charge is 0.743 e. The van der Waals surface area contributed by atoms with Gasteiger partial charge in [0.25, 0.3) is 0 Å². The Morgan fingerprint density at radius 3 is 2.17 bits per heavy atom. The van der Waals surface area contributed by atoms with E-state index in [0.717, 1.165) is 0 Å². The van der Waals surface area contributed by atoms with Crippen molar-refractivity contribution < 1.29 is 45.9 Å². The molecule has 0 aromatic heterocycles. The summed E-state index contributed by atoms with van der Waals surface area (Å²) in [6, 6.07) is 0. The number of hydrogen-bond donors (Lipinski definition) is 2. The molecule has 6 atom stereocenters. The first kappa shape index (κ1) is 24.7. The normalized spacial score (nSPS) is 31.7. The average Bonchev–Trinajstić information content (AvgIpc) is 3.10. The zero-order chi connectivity index (χ0) is 22.6. The van der Waals surface area contributed by atoms with E-state index in [0.29, 0.717) is 6.42 Å². The molecule has 2 heterocycles. The number of thioether (sulfide) groups is 1. The van der Waals surface area contributed by atoms with Crippen molar-refractivity contribution in [1.29, 1.82) is 0 Å². The third-order valence-corrected chi connectivity index (χ3v) is 8.30. The second-order valence-corrected chi connectivity index (χ2v) is 11.7. The number of rotatable bonds is 8. The molecule has 7 nitrogen and oxygen atoms in total. The summed E-state index contributed by atoms with van der Waals surface area (Å²) < 4.78 is 75.9. The van der Waals surface area contributed by atoms with Gasteiger partial charge in [0, 0.05) is 28.8 Å². The van der Waals surface area contributed by atoms with Crippen molar-refractivity contribution in [2.75, 3.05) is 6.61 Å².